The highest BCUT2D eigenvalue weighted by molar-refractivity contribution is 7.13. The van der Waals surface area contributed by atoms with Crippen molar-refractivity contribution in [1.82, 2.24) is 15.2 Å². The molecular formula is C20H25N3OS. The van der Waals surface area contributed by atoms with E-state index in [4.69, 9.17) is 0 Å². The summed E-state index contributed by atoms with van der Waals surface area (Å²) < 4.78 is 2.34. The smallest absolute Gasteiger partial charge is 0.315 e. The highest BCUT2D eigenvalue weighted by atomic mass is 32.1. The monoisotopic (exact) mass is 355 g/mol. The number of thiophene rings is 1. The van der Waals surface area contributed by atoms with E-state index in [2.05, 4.69) is 70.8 Å². The van der Waals surface area contributed by atoms with Crippen molar-refractivity contribution in [3.63, 3.8) is 0 Å². The zero-order valence-electron chi connectivity index (χ0n) is 15.0. The molecule has 2 amide bonds. The van der Waals surface area contributed by atoms with Crippen molar-refractivity contribution in [3.8, 4) is 10.6 Å². The molecule has 3 aromatic rings. The number of amides is 2. The van der Waals surface area contributed by atoms with Crippen LogP contribution in [0, 0.1) is 0 Å². The van der Waals surface area contributed by atoms with Gasteiger partial charge in [-0.1, -0.05) is 31.2 Å². The molecule has 0 bridgehead atoms. The summed E-state index contributed by atoms with van der Waals surface area (Å²) in [5, 5.41) is 9.31. The van der Waals surface area contributed by atoms with Crippen molar-refractivity contribution < 1.29 is 4.79 Å². The van der Waals surface area contributed by atoms with Crippen molar-refractivity contribution in [2.24, 2.45) is 0 Å². The van der Waals surface area contributed by atoms with Gasteiger partial charge in [-0.05, 0) is 37.8 Å². The second kappa shape index (κ2) is 7.74. The molecule has 3 rings (SSSR count). The maximum Gasteiger partial charge on any atom is 0.315 e. The molecule has 0 spiro atoms. The van der Waals surface area contributed by atoms with E-state index in [1.807, 2.05) is 6.92 Å². The molecule has 2 N–H and O–H groups in total. The molecule has 0 unspecified atom stereocenters. The number of hydrogen-bond acceptors (Lipinski definition) is 2. The second-order valence-electron chi connectivity index (χ2n) is 6.20. The molecule has 5 heteroatoms. The lowest BCUT2D eigenvalue weighted by Crippen LogP contribution is -2.40. The van der Waals surface area contributed by atoms with E-state index in [0.717, 1.165) is 13.0 Å². The van der Waals surface area contributed by atoms with Crippen molar-refractivity contribution >= 4 is 28.3 Å². The topological polar surface area (TPSA) is 46.1 Å². The number of urea groups is 1. The number of nitrogens with zero attached hydrogens (tertiary/aromatic N) is 1. The number of nitrogens with one attached hydrogen (secondary N) is 2. The fourth-order valence-electron chi connectivity index (χ4n) is 3.12. The van der Waals surface area contributed by atoms with Crippen LogP contribution in [-0.4, -0.2) is 16.6 Å². The Morgan fingerprint density at radius 1 is 1.20 bits per heavy atom. The first-order valence-corrected chi connectivity index (χ1v) is 9.72. The molecular weight excluding hydrogens is 330 g/mol. The number of fused-ring (bicyclic) bond motifs is 1. The Kier molecular flexibility index (Phi) is 5.43. The van der Waals surface area contributed by atoms with Gasteiger partial charge in [-0.3, -0.25) is 0 Å². The number of carbonyl (C=O) groups is 1. The summed E-state index contributed by atoms with van der Waals surface area (Å²) in [5.74, 6) is 0. The van der Waals surface area contributed by atoms with Gasteiger partial charge in [-0.2, -0.15) is 0 Å². The van der Waals surface area contributed by atoms with Crippen LogP contribution in [0.5, 0.6) is 0 Å². The van der Waals surface area contributed by atoms with E-state index in [9.17, 15) is 4.79 Å². The summed E-state index contributed by atoms with van der Waals surface area (Å²) in [7, 11) is 0. The van der Waals surface area contributed by atoms with Gasteiger partial charge in [0, 0.05) is 35.6 Å². The molecule has 0 saturated heterocycles. The Labute approximate surface area is 152 Å². The molecule has 2 heterocycles. The maximum absolute atomic E-state index is 12.2. The standard InChI is InChI=1S/C20H25N3OS/c1-4-14(3)22-20(24)21-13-16-15-9-6-7-10-17(15)23(5-2)19(16)18-11-8-12-25-18/h6-12,14H,4-5,13H2,1-3H3,(H2,21,22,24)/t14-/m0/s1. The van der Waals surface area contributed by atoms with Crippen LogP contribution in [0.3, 0.4) is 0 Å². The van der Waals surface area contributed by atoms with Crippen LogP contribution in [0.15, 0.2) is 41.8 Å². The van der Waals surface area contributed by atoms with Crippen LogP contribution in [0.2, 0.25) is 0 Å². The van der Waals surface area contributed by atoms with Crippen LogP contribution >= 0.6 is 11.3 Å². The largest absolute Gasteiger partial charge is 0.340 e. The zero-order chi connectivity index (χ0) is 17.8. The van der Waals surface area contributed by atoms with E-state index in [0.29, 0.717) is 6.54 Å². The first-order chi connectivity index (χ1) is 12.2. The van der Waals surface area contributed by atoms with E-state index in [1.165, 1.54) is 27.0 Å². The summed E-state index contributed by atoms with van der Waals surface area (Å²) in [6.45, 7) is 7.65. The van der Waals surface area contributed by atoms with Crippen molar-refractivity contribution in [1.29, 1.82) is 0 Å². The third-order valence-electron chi connectivity index (χ3n) is 4.56. The van der Waals surface area contributed by atoms with E-state index in [1.54, 1.807) is 11.3 Å². The normalized spacial score (nSPS) is 12.3. The van der Waals surface area contributed by atoms with Gasteiger partial charge >= 0.3 is 6.03 Å². The Morgan fingerprint density at radius 3 is 2.68 bits per heavy atom. The van der Waals surface area contributed by atoms with Crippen molar-refractivity contribution in [3.05, 3.63) is 47.3 Å². The van der Waals surface area contributed by atoms with Gasteiger partial charge in [-0.15, -0.1) is 11.3 Å². The fraction of sp³-hybridized carbons (Fsp3) is 0.350. The minimum Gasteiger partial charge on any atom is -0.340 e. The molecule has 0 radical (unpaired) electrons. The number of aryl methyl sites for hydroxylation is 1. The van der Waals surface area contributed by atoms with Gasteiger partial charge in [0.2, 0.25) is 0 Å². The summed E-state index contributed by atoms with van der Waals surface area (Å²) in [5.41, 5.74) is 3.61. The quantitative estimate of drug-likeness (QED) is 0.643. The van der Waals surface area contributed by atoms with Gasteiger partial charge in [0.25, 0.3) is 0 Å². The predicted molar refractivity (Wildman–Crippen MR) is 106 cm³/mol. The number of aromatic nitrogens is 1. The second-order valence-corrected chi connectivity index (χ2v) is 7.15. The molecule has 0 fully saturated rings. The highest BCUT2D eigenvalue weighted by Crippen LogP contribution is 2.36. The Bertz CT molecular complexity index is 851. The van der Waals surface area contributed by atoms with Crippen LogP contribution in [0.1, 0.15) is 32.8 Å². The number of hydrogen-bond donors (Lipinski definition) is 2. The number of benzene rings is 1. The lowest BCUT2D eigenvalue weighted by atomic mass is 10.1. The molecule has 0 aliphatic heterocycles. The van der Waals surface area contributed by atoms with E-state index >= 15 is 0 Å². The van der Waals surface area contributed by atoms with Crippen LogP contribution in [0.4, 0.5) is 4.79 Å². The average molecular weight is 356 g/mol. The van der Waals surface area contributed by atoms with Gasteiger partial charge in [-0.25, -0.2) is 4.79 Å². The highest BCUT2D eigenvalue weighted by Gasteiger charge is 2.19. The first kappa shape index (κ1) is 17.5. The molecule has 132 valence electrons. The SMILES string of the molecule is CC[C@H](C)NC(=O)NCc1c(-c2cccs2)n(CC)c2ccccc12. The first-order valence-electron chi connectivity index (χ1n) is 8.84. The predicted octanol–water partition coefficient (Wildman–Crippen LogP) is 4.99. The number of carbonyl (C=O) groups excluding carboxylic acids is 1. The van der Waals surface area contributed by atoms with Crippen molar-refractivity contribution in [2.75, 3.05) is 0 Å². The summed E-state index contributed by atoms with van der Waals surface area (Å²) in [6.07, 6.45) is 0.920. The van der Waals surface area contributed by atoms with Gasteiger partial charge in [0.1, 0.15) is 0 Å². The summed E-state index contributed by atoms with van der Waals surface area (Å²) in [6, 6.07) is 12.7. The molecule has 1 atom stereocenters. The Hall–Kier alpha value is -2.27. The number of para-hydroxylation sites is 1. The Morgan fingerprint density at radius 2 is 2.00 bits per heavy atom. The molecule has 2 aromatic heterocycles. The zero-order valence-corrected chi connectivity index (χ0v) is 15.8. The van der Waals surface area contributed by atoms with Gasteiger partial charge in [0.05, 0.1) is 10.6 Å². The van der Waals surface area contributed by atoms with Gasteiger partial charge < -0.3 is 15.2 Å². The lowest BCUT2D eigenvalue weighted by molar-refractivity contribution is 0.237. The summed E-state index contributed by atoms with van der Waals surface area (Å²) >= 11 is 1.73. The van der Waals surface area contributed by atoms with Crippen LogP contribution in [0.25, 0.3) is 21.5 Å². The number of rotatable bonds is 6. The minimum absolute atomic E-state index is 0.111. The third-order valence-corrected chi connectivity index (χ3v) is 5.44. The van der Waals surface area contributed by atoms with E-state index in [-0.39, 0.29) is 12.1 Å². The molecule has 0 aliphatic carbocycles. The molecule has 0 aliphatic rings. The fourth-order valence-corrected chi connectivity index (χ4v) is 3.93. The van der Waals surface area contributed by atoms with Crippen molar-refractivity contribution in [2.45, 2.75) is 46.3 Å². The lowest BCUT2D eigenvalue weighted by Gasteiger charge is -2.13. The minimum atomic E-state index is -0.111. The molecule has 0 saturated carbocycles. The average Bonchev–Trinajstić information content (AvgIpc) is 3.25. The molecule has 25 heavy (non-hydrogen) atoms. The Balaban J connectivity index is 1.98. The molecule has 4 nitrogen and oxygen atoms in total. The maximum atomic E-state index is 12.2. The van der Waals surface area contributed by atoms with Gasteiger partial charge in [0.15, 0.2) is 0 Å². The third kappa shape index (κ3) is 3.56. The van der Waals surface area contributed by atoms with Crippen LogP contribution < -0.4 is 10.6 Å². The van der Waals surface area contributed by atoms with Crippen LogP contribution in [-0.2, 0) is 13.1 Å². The van der Waals surface area contributed by atoms with E-state index < -0.39 is 0 Å². The summed E-state index contributed by atoms with van der Waals surface area (Å²) in [4.78, 5) is 13.4. The molecule has 1 aromatic carbocycles.